The van der Waals surface area contributed by atoms with Crippen LogP contribution in [0.25, 0.3) is 0 Å². The summed E-state index contributed by atoms with van der Waals surface area (Å²) in [5.41, 5.74) is 3.98. The number of aryl methyl sites for hydroxylation is 2. The molecule has 1 aromatic carbocycles. The third kappa shape index (κ3) is 3.30. The van der Waals surface area contributed by atoms with E-state index in [0.29, 0.717) is 12.0 Å². The molecule has 2 atom stereocenters. The van der Waals surface area contributed by atoms with Gasteiger partial charge in [0.1, 0.15) is 0 Å². The topological polar surface area (TPSA) is 21.3 Å². The van der Waals surface area contributed by atoms with Crippen molar-refractivity contribution in [3.8, 4) is 0 Å². The smallest absolute Gasteiger partial charge is 0.0729 e. The van der Waals surface area contributed by atoms with Crippen LogP contribution >= 0.6 is 0 Å². The van der Waals surface area contributed by atoms with Gasteiger partial charge in [0.2, 0.25) is 0 Å². The molecule has 0 bridgehead atoms. The van der Waals surface area contributed by atoms with E-state index in [9.17, 15) is 0 Å². The largest absolute Gasteiger partial charge is 0.372 e. The summed E-state index contributed by atoms with van der Waals surface area (Å²) in [6, 6.07) is 6.58. The van der Waals surface area contributed by atoms with E-state index < -0.39 is 0 Å². The fourth-order valence-corrected chi connectivity index (χ4v) is 2.28. The molecule has 0 spiro atoms. The van der Waals surface area contributed by atoms with Crippen LogP contribution in [0.1, 0.15) is 30.0 Å². The van der Waals surface area contributed by atoms with Crippen LogP contribution < -0.4 is 5.32 Å². The predicted octanol–water partition coefficient (Wildman–Crippen LogP) is 2.82. The standard InChI is InChI=1S/C15H23NO/c1-11-4-5-14(8-13(11)3)10-17-15-9-16-7-6-12(15)2/h4-5,8,12,15-16H,6-7,9-10H2,1-3H3. The molecule has 17 heavy (non-hydrogen) atoms. The van der Waals surface area contributed by atoms with Gasteiger partial charge in [0.05, 0.1) is 12.7 Å². The Labute approximate surface area is 104 Å². The van der Waals surface area contributed by atoms with Crippen LogP contribution in [0.5, 0.6) is 0 Å². The number of piperidine rings is 1. The zero-order valence-corrected chi connectivity index (χ0v) is 11.1. The highest BCUT2D eigenvalue weighted by Gasteiger charge is 2.21. The lowest BCUT2D eigenvalue weighted by Crippen LogP contribution is -2.40. The summed E-state index contributed by atoms with van der Waals surface area (Å²) in [5, 5.41) is 3.40. The highest BCUT2D eigenvalue weighted by molar-refractivity contribution is 5.29. The van der Waals surface area contributed by atoms with E-state index in [1.165, 1.54) is 23.1 Å². The molecule has 1 aromatic rings. The van der Waals surface area contributed by atoms with Crippen molar-refractivity contribution in [2.75, 3.05) is 13.1 Å². The number of hydrogen-bond donors (Lipinski definition) is 1. The molecule has 0 aliphatic carbocycles. The van der Waals surface area contributed by atoms with Crippen LogP contribution in [0.15, 0.2) is 18.2 Å². The van der Waals surface area contributed by atoms with Crippen LogP contribution in [0, 0.1) is 19.8 Å². The predicted molar refractivity (Wildman–Crippen MR) is 71.1 cm³/mol. The molecule has 2 heteroatoms. The maximum Gasteiger partial charge on any atom is 0.0729 e. The second-order valence-corrected chi connectivity index (χ2v) is 5.24. The Morgan fingerprint density at radius 1 is 1.29 bits per heavy atom. The van der Waals surface area contributed by atoms with Gasteiger partial charge in [-0.15, -0.1) is 0 Å². The van der Waals surface area contributed by atoms with E-state index in [2.05, 4.69) is 44.3 Å². The molecule has 1 fully saturated rings. The van der Waals surface area contributed by atoms with E-state index in [1.54, 1.807) is 0 Å². The molecular weight excluding hydrogens is 210 g/mol. The van der Waals surface area contributed by atoms with Gasteiger partial charge in [0, 0.05) is 6.54 Å². The van der Waals surface area contributed by atoms with Crippen LogP contribution in [-0.4, -0.2) is 19.2 Å². The van der Waals surface area contributed by atoms with Crippen LogP contribution in [0.2, 0.25) is 0 Å². The lowest BCUT2D eigenvalue weighted by molar-refractivity contribution is -0.00659. The average Bonchev–Trinajstić information content (AvgIpc) is 2.32. The summed E-state index contributed by atoms with van der Waals surface area (Å²) in [6.45, 7) is 9.44. The number of ether oxygens (including phenoxy) is 1. The summed E-state index contributed by atoms with van der Waals surface area (Å²) < 4.78 is 6.01. The van der Waals surface area contributed by atoms with Gasteiger partial charge in [-0.1, -0.05) is 25.1 Å². The van der Waals surface area contributed by atoms with E-state index in [1.807, 2.05) is 0 Å². The van der Waals surface area contributed by atoms with Gasteiger partial charge in [-0.2, -0.15) is 0 Å². The first kappa shape index (κ1) is 12.6. The zero-order valence-electron chi connectivity index (χ0n) is 11.1. The SMILES string of the molecule is Cc1ccc(COC2CNCCC2C)cc1C. The lowest BCUT2D eigenvalue weighted by Gasteiger charge is -2.29. The van der Waals surface area contributed by atoms with Crippen molar-refractivity contribution in [3.05, 3.63) is 34.9 Å². The van der Waals surface area contributed by atoms with Gasteiger partial charge in [-0.05, 0) is 49.4 Å². The van der Waals surface area contributed by atoms with Gasteiger partial charge in [-0.3, -0.25) is 0 Å². The van der Waals surface area contributed by atoms with Crippen molar-refractivity contribution in [2.45, 2.75) is 39.9 Å². The Kier molecular flexibility index (Phi) is 4.19. The van der Waals surface area contributed by atoms with E-state index in [-0.39, 0.29) is 0 Å². The maximum atomic E-state index is 6.01. The molecule has 94 valence electrons. The molecule has 0 saturated carbocycles. The minimum Gasteiger partial charge on any atom is -0.372 e. The van der Waals surface area contributed by atoms with Crippen molar-refractivity contribution in [1.82, 2.24) is 5.32 Å². The first-order valence-electron chi connectivity index (χ1n) is 6.55. The van der Waals surface area contributed by atoms with Gasteiger partial charge in [0.15, 0.2) is 0 Å². The Balaban J connectivity index is 1.90. The van der Waals surface area contributed by atoms with Gasteiger partial charge < -0.3 is 10.1 Å². The second kappa shape index (κ2) is 5.65. The van der Waals surface area contributed by atoms with Crippen molar-refractivity contribution in [2.24, 2.45) is 5.92 Å². The van der Waals surface area contributed by atoms with Crippen LogP contribution in [0.3, 0.4) is 0 Å². The molecule has 2 rings (SSSR count). The molecule has 0 radical (unpaired) electrons. The fourth-order valence-electron chi connectivity index (χ4n) is 2.28. The first-order chi connectivity index (χ1) is 8.16. The summed E-state index contributed by atoms with van der Waals surface area (Å²) in [6.07, 6.45) is 1.59. The molecule has 0 aromatic heterocycles. The van der Waals surface area contributed by atoms with Gasteiger partial charge in [-0.25, -0.2) is 0 Å². The third-order valence-corrected chi connectivity index (χ3v) is 3.79. The minimum atomic E-state index is 0.366. The van der Waals surface area contributed by atoms with Crippen LogP contribution in [0.4, 0.5) is 0 Å². The monoisotopic (exact) mass is 233 g/mol. The Morgan fingerprint density at radius 2 is 2.12 bits per heavy atom. The van der Waals surface area contributed by atoms with E-state index in [0.717, 1.165) is 19.7 Å². The highest BCUT2D eigenvalue weighted by atomic mass is 16.5. The molecule has 1 saturated heterocycles. The van der Waals surface area contributed by atoms with Gasteiger partial charge >= 0.3 is 0 Å². The molecule has 1 aliphatic heterocycles. The van der Waals surface area contributed by atoms with E-state index >= 15 is 0 Å². The average molecular weight is 233 g/mol. The molecule has 1 aliphatic rings. The van der Waals surface area contributed by atoms with Crippen molar-refractivity contribution in [1.29, 1.82) is 0 Å². The Bertz CT molecular complexity index is 375. The molecule has 1 N–H and O–H groups in total. The highest BCUT2D eigenvalue weighted by Crippen LogP contribution is 2.17. The summed E-state index contributed by atoms with van der Waals surface area (Å²) in [5.74, 6) is 0.669. The first-order valence-corrected chi connectivity index (χ1v) is 6.55. The number of hydrogen-bond acceptors (Lipinski definition) is 2. The number of nitrogens with one attached hydrogen (secondary N) is 1. The molecule has 1 heterocycles. The normalized spacial score (nSPS) is 24.9. The minimum absolute atomic E-state index is 0.366. The van der Waals surface area contributed by atoms with Crippen LogP contribution in [-0.2, 0) is 11.3 Å². The fraction of sp³-hybridized carbons (Fsp3) is 0.600. The number of rotatable bonds is 3. The number of benzene rings is 1. The summed E-state index contributed by atoms with van der Waals surface area (Å²) in [7, 11) is 0. The van der Waals surface area contributed by atoms with Crippen molar-refractivity contribution >= 4 is 0 Å². The van der Waals surface area contributed by atoms with Crippen molar-refractivity contribution < 1.29 is 4.74 Å². The molecular formula is C15H23NO. The zero-order chi connectivity index (χ0) is 12.3. The third-order valence-electron chi connectivity index (χ3n) is 3.79. The van der Waals surface area contributed by atoms with Gasteiger partial charge in [0.25, 0.3) is 0 Å². The summed E-state index contributed by atoms with van der Waals surface area (Å²) >= 11 is 0. The lowest BCUT2D eigenvalue weighted by atomic mass is 9.97. The second-order valence-electron chi connectivity index (χ2n) is 5.24. The molecule has 0 amide bonds. The van der Waals surface area contributed by atoms with E-state index in [4.69, 9.17) is 4.74 Å². The maximum absolute atomic E-state index is 6.01. The Morgan fingerprint density at radius 3 is 2.82 bits per heavy atom. The molecule has 2 unspecified atom stereocenters. The van der Waals surface area contributed by atoms with Crippen molar-refractivity contribution in [3.63, 3.8) is 0 Å². The summed E-state index contributed by atoms with van der Waals surface area (Å²) in [4.78, 5) is 0. The Hall–Kier alpha value is -0.860. The quantitative estimate of drug-likeness (QED) is 0.867. The molecule has 2 nitrogen and oxygen atoms in total.